The molecule has 0 fully saturated rings. The summed E-state index contributed by atoms with van der Waals surface area (Å²) in [6, 6.07) is 0. The molecule has 2 heterocycles. The smallest absolute Gasteiger partial charge is 0.162 e. The number of nitrogens with one attached hydrogen (secondary N) is 1. The molecule has 3 nitrogen and oxygen atoms in total. The van der Waals surface area contributed by atoms with Gasteiger partial charge in [-0.05, 0) is 0 Å². The predicted octanol–water partition coefficient (Wildman–Crippen LogP) is 0.782. The standard InChI is InChI=1S/C6H9N3S2/c1-3-10-5(7-1)9-6-8-2-4-11-6/h1-4H2,(H,7,8,9). The van der Waals surface area contributed by atoms with Crippen LogP contribution in [0.2, 0.25) is 0 Å². The molecule has 2 aliphatic rings. The zero-order valence-corrected chi connectivity index (χ0v) is 7.67. The SMILES string of the molecule is C1CSC(NC2=NCCS2)=N1. The van der Waals surface area contributed by atoms with Gasteiger partial charge in [-0.15, -0.1) is 0 Å². The Morgan fingerprint density at radius 3 is 1.91 bits per heavy atom. The second-order valence-electron chi connectivity index (χ2n) is 2.20. The molecule has 2 rings (SSSR count). The summed E-state index contributed by atoms with van der Waals surface area (Å²) < 4.78 is 0. The fraction of sp³-hybridized carbons (Fsp3) is 0.667. The Morgan fingerprint density at radius 2 is 1.55 bits per heavy atom. The number of aliphatic imine (C=N–C) groups is 2. The van der Waals surface area contributed by atoms with Gasteiger partial charge in [-0.25, -0.2) is 0 Å². The molecule has 0 spiro atoms. The molecule has 0 unspecified atom stereocenters. The van der Waals surface area contributed by atoms with Crippen molar-refractivity contribution in [2.24, 2.45) is 9.98 Å². The third kappa shape index (κ3) is 1.90. The van der Waals surface area contributed by atoms with Gasteiger partial charge in [0, 0.05) is 11.5 Å². The molecular weight excluding hydrogens is 178 g/mol. The number of rotatable bonds is 0. The molecule has 0 amide bonds. The first-order valence-electron chi connectivity index (χ1n) is 3.57. The lowest BCUT2D eigenvalue weighted by Crippen LogP contribution is -2.23. The van der Waals surface area contributed by atoms with Crippen molar-refractivity contribution in [2.45, 2.75) is 0 Å². The second kappa shape index (κ2) is 3.49. The van der Waals surface area contributed by atoms with E-state index in [1.54, 1.807) is 23.5 Å². The molecule has 0 atom stereocenters. The van der Waals surface area contributed by atoms with E-state index in [1.807, 2.05) is 0 Å². The largest absolute Gasteiger partial charge is 0.314 e. The van der Waals surface area contributed by atoms with Crippen LogP contribution < -0.4 is 5.32 Å². The first-order chi connectivity index (χ1) is 5.45. The molecule has 60 valence electrons. The van der Waals surface area contributed by atoms with Crippen LogP contribution in [0.15, 0.2) is 9.98 Å². The summed E-state index contributed by atoms with van der Waals surface area (Å²) in [5.74, 6) is 2.22. The van der Waals surface area contributed by atoms with Gasteiger partial charge in [0.15, 0.2) is 10.3 Å². The van der Waals surface area contributed by atoms with Crippen molar-refractivity contribution in [1.82, 2.24) is 5.32 Å². The number of hydrogen-bond acceptors (Lipinski definition) is 5. The van der Waals surface area contributed by atoms with Gasteiger partial charge < -0.3 is 5.32 Å². The van der Waals surface area contributed by atoms with Crippen LogP contribution in [0.3, 0.4) is 0 Å². The van der Waals surface area contributed by atoms with E-state index in [0.717, 1.165) is 34.9 Å². The fourth-order valence-corrected chi connectivity index (χ4v) is 2.43. The van der Waals surface area contributed by atoms with Crippen molar-refractivity contribution in [3.8, 4) is 0 Å². The minimum absolute atomic E-state index is 0.949. The van der Waals surface area contributed by atoms with Crippen molar-refractivity contribution in [2.75, 3.05) is 24.6 Å². The van der Waals surface area contributed by atoms with Crippen LogP contribution in [0.4, 0.5) is 0 Å². The molecule has 0 radical (unpaired) electrons. The van der Waals surface area contributed by atoms with Crippen molar-refractivity contribution in [3.05, 3.63) is 0 Å². The van der Waals surface area contributed by atoms with E-state index >= 15 is 0 Å². The molecule has 0 aliphatic carbocycles. The first kappa shape index (κ1) is 7.49. The molecule has 1 N–H and O–H groups in total. The Bertz CT molecular complexity index is 190. The first-order valence-corrected chi connectivity index (χ1v) is 5.54. The summed E-state index contributed by atoms with van der Waals surface area (Å²) in [6.07, 6.45) is 0. The Labute approximate surface area is 74.1 Å². The average molecular weight is 187 g/mol. The van der Waals surface area contributed by atoms with Gasteiger partial charge in [-0.3, -0.25) is 9.98 Å². The van der Waals surface area contributed by atoms with Gasteiger partial charge in [0.2, 0.25) is 0 Å². The van der Waals surface area contributed by atoms with Crippen LogP contribution >= 0.6 is 23.5 Å². The van der Waals surface area contributed by atoms with Gasteiger partial charge in [0.05, 0.1) is 13.1 Å². The Balaban J connectivity index is 1.89. The molecule has 0 aromatic rings. The highest BCUT2D eigenvalue weighted by Crippen LogP contribution is 2.13. The summed E-state index contributed by atoms with van der Waals surface area (Å²) in [5, 5.41) is 5.28. The molecule has 2 aliphatic heterocycles. The summed E-state index contributed by atoms with van der Waals surface area (Å²) in [6.45, 7) is 1.90. The van der Waals surface area contributed by atoms with Crippen molar-refractivity contribution < 1.29 is 0 Å². The highest BCUT2D eigenvalue weighted by atomic mass is 32.2. The number of hydrogen-bond donors (Lipinski definition) is 1. The molecule has 0 saturated heterocycles. The highest BCUT2D eigenvalue weighted by Gasteiger charge is 2.12. The van der Waals surface area contributed by atoms with Gasteiger partial charge in [0.25, 0.3) is 0 Å². The van der Waals surface area contributed by atoms with Gasteiger partial charge in [0.1, 0.15) is 0 Å². The minimum Gasteiger partial charge on any atom is -0.314 e. The maximum Gasteiger partial charge on any atom is 0.162 e. The van der Waals surface area contributed by atoms with E-state index in [-0.39, 0.29) is 0 Å². The summed E-state index contributed by atoms with van der Waals surface area (Å²) in [4.78, 5) is 8.55. The Kier molecular flexibility index (Phi) is 2.38. The quantitative estimate of drug-likeness (QED) is 0.609. The second-order valence-corrected chi connectivity index (χ2v) is 4.36. The van der Waals surface area contributed by atoms with Crippen molar-refractivity contribution in [1.29, 1.82) is 0 Å². The minimum atomic E-state index is 0.949. The van der Waals surface area contributed by atoms with E-state index in [1.165, 1.54) is 0 Å². The molecule has 5 heteroatoms. The van der Waals surface area contributed by atoms with Crippen molar-refractivity contribution >= 4 is 33.9 Å². The normalized spacial score (nSPS) is 23.3. The Hall–Kier alpha value is -0.160. The summed E-state index contributed by atoms with van der Waals surface area (Å²) >= 11 is 3.55. The maximum absolute atomic E-state index is 4.27. The van der Waals surface area contributed by atoms with E-state index in [4.69, 9.17) is 0 Å². The molecule has 11 heavy (non-hydrogen) atoms. The number of amidine groups is 2. The van der Waals surface area contributed by atoms with Gasteiger partial charge in [-0.2, -0.15) is 0 Å². The molecule has 0 aromatic carbocycles. The zero-order chi connectivity index (χ0) is 7.52. The summed E-state index contributed by atoms with van der Waals surface area (Å²) in [5.41, 5.74) is 0. The third-order valence-corrected chi connectivity index (χ3v) is 3.17. The van der Waals surface area contributed by atoms with E-state index in [2.05, 4.69) is 15.3 Å². The van der Waals surface area contributed by atoms with Crippen LogP contribution in [0.1, 0.15) is 0 Å². The van der Waals surface area contributed by atoms with Gasteiger partial charge in [-0.1, -0.05) is 23.5 Å². The van der Waals surface area contributed by atoms with E-state index < -0.39 is 0 Å². The van der Waals surface area contributed by atoms with E-state index in [0.29, 0.717) is 0 Å². The van der Waals surface area contributed by atoms with Crippen LogP contribution in [-0.2, 0) is 0 Å². The number of thioether (sulfide) groups is 2. The zero-order valence-electron chi connectivity index (χ0n) is 6.04. The maximum atomic E-state index is 4.27. The highest BCUT2D eigenvalue weighted by molar-refractivity contribution is 8.16. The molecule has 0 aromatic heterocycles. The third-order valence-electron chi connectivity index (χ3n) is 1.38. The molecular formula is C6H9N3S2. The summed E-state index contributed by atoms with van der Waals surface area (Å²) in [7, 11) is 0. The monoisotopic (exact) mass is 187 g/mol. The van der Waals surface area contributed by atoms with Crippen LogP contribution in [0, 0.1) is 0 Å². The fourth-order valence-electron chi connectivity index (χ4n) is 0.913. The number of nitrogens with zero attached hydrogens (tertiary/aromatic N) is 2. The Morgan fingerprint density at radius 1 is 1.00 bits per heavy atom. The van der Waals surface area contributed by atoms with E-state index in [9.17, 15) is 0 Å². The average Bonchev–Trinajstić information content (AvgIpc) is 2.60. The predicted molar refractivity (Wildman–Crippen MR) is 52.7 cm³/mol. The molecule has 0 saturated carbocycles. The van der Waals surface area contributed by atoms with Gasteiger partial charge >= 0.3 is 0 Å². The van der Waals surface area contributed by atoms with Crippen molar-refractivity contribution in [3.63, 3.8) is 0 Å². The molecule has 0 bridgehead atoms. The lowest BCUT2D eigenvalue weighted by atomic mass is 10.8. The lowest BCUT2D eigenvalue weighted by Gasteiger charge is -2.01. The lowest BCUT2D eigenvalue weighted by molar-refractivity contribution is 1.14. The van der Waals surface area contributed by atoms with Crippen LogP contribution in [0.25, 0.3) is 0 Å². The topological polar surface area (TPSA) is 36.8 Å². The van der Waals surface area contributed by atoms with Crippen LogP contribution in [0.5, 0.6) is 0 Å². The van der Waals surface area contributed by atoms with Crippen LogP contribution in [-0.4, -0.2) is 34.9 Å².